The predicted molar refractivity (Wildman–Crippen MR) is 95.7 cm³/mol. The van der Waals surface area contributed by atoms with E-state index >= 15 is 0 Å². The van der Waals surface area contributed by atoms with Crippen LogP contribution in [-0.4, -0.2) is 51.9 Å². The Morgan fingerprint density at radius 3 is 2.73 bits per heavy atom. The van der Waals surface area contributed by atoms with E-state index in [1.807, 2.05) is 30.3 Å². The second-order valence-electron chi connectivity index (χ2n) is 7.15. The molecule has 0 N–H and O–H groups in total. The van der Waals surface area contributed by atoms with Crippen molar-refractivity contribution >= 4 is 11.8 Å². The van der Waals surface area contributed by atoms with Crippen molar-refractivity contribution < 1.29 is 14.0 Å². The molecule has 0 radical (unpaired) electrons. The van der Waals surface area contributed by atoms with Gasteiger partial charge in [-0.2, -0.15) is 0 Å². The maximum atomic E-state index is 12.7. The SMILES string of the molecule is CC(C)CN1CC(C(=O)N(C)Cc2nnc(-c3ccccc3)o2)CC1=O. The van der Waals surface area contributed by atoms with E-state index in [2.05, 4.69) is 24.0 Å². The zero-order chi connectivity index (χ0) is 18.7. The van der Waals surface area contributed by atoms with Crippen molar-refractivity contribution in [3.63, 3.8) is 0 Å². The largest absolute Gasteiger partial charge is 0.419 e. The second kappa shape index (κ2) is 7.68. The first-order chi connectivity index (χ1) is 12.4. The summed E-state index contributed by atoms with van der Waals surface area (Å²) in [6, 6.07) is 9.49. The minimum absolute atomic E-state index is 0.0506. The number of carbonyl (C=O) groups excluding carboxylic acids is 2. The van der Waals surface area contributed by atoms with E-state index < -0.39 is 0 Å². The Morgan fingerprint density at radius 2 is 2.04 bits per heavy atom. The Balaban J connectivity index is 1.60. The minimum Gasteiger partial charge on any atom is -0.419 e. The Morgan fingerprint density at radius 1 is 1.31 bits per heavy atom. The molecule has 2 heterocycles. The van der Waals surface area contributed by atoms with Crippen LogP contribution in [0.4, 0.5) is 0 Å². The maximum Gasteiger partial charge on any atom is 0.247 e. The first-order valence-corrected chi connectivity index (χ1v) is 8.84. The summed E-state index contributed by atoms with van der Waals surface area (Å²) in [6.07, 6.45) is 0.273. The van der Waals surface area contributed by atoms with Gasteiger partial charge in [-0.25, -0.2) is 0 Å². The molecule has 1 aliphatic heterocycles. The summed E-state index contributed by atoms with van der Waals surface area (Å²) in [5.74, 6) is 0.880. The van der Waals surface area contributed by atoms with Crippen LogP contribution in [0.2, 0.25) is 0 Å². The zero-order valence-corrected chi connectivity index (χ0v) is 15.4. The molecule has 0 aliphatic carbocycles. The van der Waals surface area contributed by atoms with E-state index in [-0.39, 0.29) is 30.7 Å². The fraction of sp³-hybridized carbons (Fsp3) is 0.474. The second-order valence-corrected chi connectivity index (χ2v) is 7.15. The van der Waals surface area contributed by atoms with E-state index in [1.165, 1.54) is 0 Å². The summed E-state index contributed by atoms with van der Waals surface area (Å²) in [7, 11) is 1.70. The van der Waals surface area contributed by atoms with E-state index in [0.29, 0.717) is 30.8 Å². The Bertz CT molecular complexity index is 772. The van der Waals surface area contributed by atoms with Crippen LogP contribution in [0.1, 0.15) is 26.2 Å². The average Bonchev–Trinajstić information content (AvgIpc) is 3.22. The number of benzene rings is 1. The van der Waals surface area contributed by atoms with Crippen LogP contribution >= 0.6 is 0 Å². The highest BCUT2D eigenvalue weighted by atomic mass is 16.4. The smallest absolute Gasteiger partial charge is 0.247 e. The minimum atomic E-state index is -0.303. The highest BCUT2D eigenvalue weighted by molar-refractivity contribution is 5.89. The predicted octanol–water partition coefficient (Wildman–Crippen LogP) is 2.20. The molecular weight excluding hydrogens is 332 g/mol. The first kappa shape index (κ1) is 18.1. The molecule has 3 rings (SSSR count). The van der Waals surface area contributed by atoms with E-state index in [4.69, 9.17) is 4.42 Å². The summed E-state index contributed by atoms with van der Waals surface area (Å²) in [6.45, 7) is 5.53. The number of hydrogen-bond acceptors (Lipinski definition) is 5. The average molecular weight is 356 g/mol. The number of amides is 2. The molecule has 1 aliphatic rings. The van der Waals surface area contributed by atoms with Crippen molar-refractivity contribution in [1.82, 2.24) is 20.0 Å². The van der Waals surface area contributed by atoms with Crippen molar-refractivity contribution in [3.8, 4) is 11.5 Å². The van der Waals surface area contributed by atoms with E-state index in [1.54, 1.807) is 16.8 Å². The third-order valence-electron chi connectivity index (χ3n) is 4.39. The molecule has 1 saturated heterocycles. The van der Waals surface area contributed by atoms with Gasteiger partial charge in [0.1, 0.15) is 0 Å². The summed E-state index contributed by atoms with van der Waals surface area (Å²) in [5.41, 5.74) is 0.839. The first-order valence-electron chi connectivity index (χ1n) is 8.84. The topological polar surface area (TPSA) is 79.5 Å². The summed E-state index contributed by atoms with van der Waals surface area (Å²) in [4.78, 5) is 28.1. The molecular formula is C19H24N4O3. The number of hydrogen-bond donors (Lipinski definition) is 0. The quantitative estimate of drug-likeness (QED) is 0.793. The fourth-order valence-corrected chi connectivity index (χ4v) is 3.16. The maximum absolute atomic E-state index is 12.7. The summed E-state index contributed by atoms with van der Waals surface area (Å²) < 4.78 is 5.65. The molecule has 1 unspecified atom stereocenters. The lowest BCUT2D eigenvalue weighted by molar-refractivity contribution is -0.135. The van der Waals surface area contributed by atoms with Gasteiger partial charge in [-0.3, -0.25) is 9.59 Å². The lowest BCUT2D eigenvalue weighted by atomic mass is 10.1. The van der Waals surface area contributed by atoms with Crippen molar-refractivity contribution in [2.45, 2.75) is 26.8 Å². The van der Waals surface area contributed by atoms with Gasteiger partial charge in [-0.1, -0.05) is 32.0 Å². The Hall–Kier alpha value is -2.70. The van der Waals surface area contributed by atoms with Crippen LogP contribution in [-0.2, 0) is 16.1 Å². The Labute approximate surface area is 153 Å². The van der Waals surface area contributed by atoms with Gasteiger partial charge in [0.25, 0.3) is 0 Å². The van der Waals surface area contributed by atoms with Gasteiger partial charge in [-0.15, -0.1) is 10.2 Å². The molecule has 0 spiro atoms. The van der Waals surface area contributed by atoms with Crippen LogP contribution in [0.25, 0.3) is 11.5 Å². The van der Waals surface area contributed by atoms with Gasteiger partial charge in [0.05, 0.1) is 12.5 Å². The third kappa shape index (κ3) is 4.09. The molecule has 1 fully saturated rings. The van der Waals surface area contributed by atoms with Crippen molar-refractivity contribution in [1.29, 1.82) is 0 Å². The molecule has 7 heteroatoms. The number of carbonyl (C=O) groups is 2. The number of aromatic nitrogens is 2. The molecule has 7 nitrogen and oxygen atoms in total. The monoisotopic (exact) mass is 356 g/mol. The van der Waals surface area contributed by atoms with Crippen molar-refractivity contribution in [2.24, 2.45) is 11.8 Å². The molecule has 2 aromatic rings. The molecule has 26 heavy (non-hydrogen) atoms. The lowest BCUT2D eigenvalue weighted by Crippen LogP contribution is -2.35. The van der Waals surface area contributed by atoms with Crippen LogP contribution in [0.15, 0.2) is 34.7 Å². The van der Waals surface area contributed by atoms with Gasteiger partial charge in [0.2, 0.25) is 23.6 Å². The number of rotatable bonds is 6. The number of nitrogens with zero attached hydrogens (tertiary/aromatic N) is 4. The van der Waals surface area contributed by atoms with Crippen LogP contribution in [0.5, 0.6) is 0 Å². The van der Waals surface area contributed by atoms with Gasteiger partial charge in [-0.05, 0) is 18.1 Å². The highest BCUT2D eigenvalue weighted by Gasteiger charge is 2.36. The van der Waals surface area contributed by atoms with Crippen LogP contribution in [0, 0.1) is 11.8 Å². The summed E-state index contributed by atoms with van der Waals surface area (Å²) in [5, 5.41) is 8.06. The zero-order valence-electron chi connectivity index (χ0n) is 15.4. The van der Waals surface area contributed by atoms with Gasteiger partial charge < -0.3 is 14.2 Å². The molecule has 0 bridgehead atoms. The standard InChI is InChI=1S/C19H24N4O3/c1-13(2)10-23-11-15(9-17(23)24)19(25)22(3)12-16-20-21-18(26-16)14-7-5-4-6-8-14/h4-8,13,15H,9-12H2,1-3H3. The van der Waals surface area contributed by atoms with Gasteiger partial charge >= 0.3 is 0 Å². The van der Waals surface area contributed by atoms with Gasteiger partial charge in [0.15, 0.2) is 0 Å². The molecule has 138 valence electrons. The molecule has 1 atom stereocenters. The fourth-order valence-electron chi connectivity index (χ4n) is 3.16. The lowest BCUT2D eigenvalue weighted by Gasteiger charge is -2.21. The molecule has 1 aromatic carbocycles. The third-order valence-corrected chi connectivity index (χ3v) is 4.39. The molecule has 1 aromatic heterocycles. The molecule has 2 amide bonds. The highest BCUT2D eigenvalue weighted by Crippen LogP contribution is 2.22. The number of likely N-dealkylation sites (tertiary alicyclic amines) is 1. The van der Waals surface area contributed by atoms with Crippen LogP contribution < -0.4 is 0 Å². The van der Waals surface area contributed by atoms with Gasteiger partial charge in [0, 0.05) is 32.1 Å². The normalized spacial score (nSPS) is 17.2. The van der Waals surface area contributed by atoms with Crippen LogP contribution in [0.3, 0.4) is 0 Å². The van der Waals surface area contributed by atoms with E-state index in [0.717, 1.165) is 5.56 Å². The van der Waals surface area contributed by atoms with E-state index in [9.17, 15) is 9.59 Å². The Kier molecular flexibility index (Phi) is 5.35. The summed E-state index contributed by atoms with van der Waals surface area (Å²) >= 11 is 0. The van der Waals surface area contributed by atoms with Crippen molar-refractivity contribution in [3.05, 3.63) is 36.2 Å². The van der Waals surface area contributed by atoms with Crippen molar-refractivity contribution in [2.75, 3.05) is 20.1 Å². The molecule has 0 saturated carbocycles.